The summed E-state index contributed by atoms with van der Waals surface area (Å²) in [4.78, 5) is 27.3. The summed E-state index contributed by atoms with van der Waals surface area (Å²) in [5, 5.41) is 4.97. The van der Waals surface area contributed by atoms with Gasteiger partial charge < -0.3 is 10.6 Å². The van der Waals surface area contributed by atoms with Gasteiger partial charge >= 0.3 is 11.8 Å². The lowest BCUT2D eigenvalue weighted by atomic mass is 10.2. The molecule has 0 bridgehead atoms. The van der Waals surface area contributed by atoms with Crippen LogP contribution in [0.5, 0.6) is 0 Å². The van der Waals surface area contributed by atoms with Crippen LogP contribution in [0.2, 0.25) is 0 Å². The summed E-state index contributed by atoms with van der Waals surface area (Å²) in [7, 11) is 0. The van der Waals surface area contributed by atoms with Crippen LogP contribution in [0.3, 0.4) is 0 Å². The zero-order chi connectivity index (χ0) is 13.7. The predicted octanol–water partition coefficient (Wildman–Crippen LogP) is 1.97. The molecule has 0 aliphatic heterocycles. The monoisotopic (exact) mass is 255 g/mol. The van der Waals surface area contributed by atoms with Crippen molar-refractivity contribution in [1.29, 1.82) is 0 Å². The van der Waals surface area contributed by atoms with Gasteiger partial charge in [0.15, 0.2) is 0 Å². The highest BCUT2D eigenvalue weighted by Crippen LogP contribution is 2.13. The van der Waals surface area contributed by atoms with E-state index in [1.807, 2.05) is 19.1 Å². The van der Waals surface area contributed by atoms with Crippen LogP contribution in [0.15, 0.2) is 48.7 Å². The van der Waals surface area contributed by atoms with Crippen molar-refractivity contribution in [2.75, 3.05) is 10.6 Å². The molecule has 1 aromatic heterocycles. The maximum Gasteiger partial charge on any atom is 0.315 e. The fourth-order valence-corrected chi connectivity index (χ4v) is 1.50. The summed E-state index contributed by atoms with van der Waals surface area (Å²) in [6.45, 7) is 1.85. The lowest BCUT2D eigenvalue weighted by molar-refractivity contribution is -0.133. The fraction of sp³-hybridized carbons (Fsp3) is 0.0714. The number of carbonyl (C=O) groups excluding carboxylic acids is 2. The van der Waals surface area contributed by atoms with E-state index in [4.69, 9.17) is 0 Å². The maximum atomic E-state index is 11.7. The van der Waals surface area contributed by atoms with E-state index in [-0.39, 0.29) is 0 Å². The molecule has 0 unspecified atom stereocenters. The fourth-order valence-electron chi connectivity index (χ4n) is 1.50. The van der Waals surface area contributed by atoms with Crippen molar-refractivity contribution in [3.05, 3.63) is 54.2 Å². The van der Waals surface area contributed by atoms with Gasteiger partial charge in [0.05, 0.1) is 0 Å². The van der Waals surface area contributed by atoms with Crippen molar-refractivity contribution < 1.29 is 9.59 Å². The minimum absolute atomic E-state index is 0.340. The van der Waals surface area contributed by atoms with Gasteiger partial charge in [-0.15, -0.1) is 0 Å². The second kappa shape index (κ2) is 5.77. The van der Waals surface area contributed by atoms with Gasteiger partial charge in [0, 0.05) is 11.9 Å². The third-order valence-electron chi connectivity index (χ3n) is 2.51. The molecule has 2 N–H and O–H groups in total. The van der Waals surface area contributed by atoms with Crippen LogP contribution in [-0.2, 0) is 9.59 Å². The number of anilines is 2. The molecule has 0 aliphatic carbocycles. The van der Waals surface area contributed by atoms with E-state index in [0.29, 0.717) is 11.5 Å². The van der Waals surface area contributed by atoms with Crippen molar-refractivity contribution in [1.82, 2.24) is 4.98 Å². The maximum absolute atomic E-state index is 11.7. The smallest absolute Gasteiger partial charge is 0.315 e. The van der Waals surface area contributed by atoms with Crippen molar-refractivity contribution in [2.45, 2.75) is 6.92 Å². The number of benzene rings is 1. The van der Waals surface area contributed by atoms with Crippen LogP contribution in [0, 0.1) is 6.92 Å². The summed E-state index contributed by atoms with van der Waals surface area (Å²) in [5.41, 5.74) is 1.50. The lowest BCUT2D eigenvalue weighted by Gasteiger charge is -2.07. The highest BCUT2D eigenvalue weighted by atomic mass is 16.2. The number of para-hydroxylation sites is 1. The molecule has 2 amide bonds. The number of amides is 2. The van der Waals surface area contributed by atoms with Gasteiger partial charge in [-0.3, -0.25) is 9.59 Å². The number of pyridine rings is 1. The molecule has 0 spiro atoms. The number of nitrogens with zero attached hydrogens (tertiary/aromatic N) is 1. The van der Waals surface area contributed by atoms with Gasteiger partial charge in [0.2, 0.25) is 0 Å². The third kappa shape index (κ3) is 3.38. The summed E-state index contributed by atoms with van der Waals surface area (Å²) < 4.78 is 0. The summed E-state index contributed by atoms with van der Waals surface area (Å²) in [6, 6.07) is 12.3. The van der Waals surface area contributed by atoms with E-state index >= 15 is 0 Å². The van der Waals surface area contributed by atoms with E-state index in [9.17, 15) is 9.59 Å². The molecule has 1 heterocycles. The molecule has 0 saturated heterocycles. The summed E-state index contributed by atoms with van der Waals surface area (Å²) >= 11 is 0. The number of carbonyl (C=O) groups is 2. The van der Waals surface area contributed by atoms with Gasteiger partial charge in [-0.2, -0.15) is 0 Å². The Bertz CT molecular complexity index is 597. The Morgan fingerprint density at radius 3 is 2.32 bits per heavy atom. The quantitative estimate of drug-likeness (QED) is 0.806. The largest absolute Gasteiger partial charge is 0.318 e. The van der Waals surface area contributed by atoms with Gasteiger partial charge in [0.25, 0.3) is 0 Å². The Balaban J connectivity index is 2.01. The van der Waals surface area contributed by atoms with Crippen molar-refractivity contribution >= 4 is 23.3 Å². The molecule has 0 atom stereocenters. The van der Waals surface area contributed by atoms with Crippen molar-refractivity contribution in [2.24, 2.45) is 0 Å². The number of nitrogens with one attached hydrogen (secondary N) is 2. The van der Waals surface area contributed by atoms with Crippen LogP contribution in [0.4, 0.5) is 11.5 Å². The summed E-state index contributed by atoms with van der Waals surface area (Å²) in [5.74, 6) is -1.13. The number of aryl methyl sites for hydroxylation is 1. The summed E-state index contributed by atoms with van der Waals surface area (Å²) in [6.07, 6.45) is 1.54. The van der Waals surface area contributed by atoms with Crippen molar-refractivity contribution in [3.63, 3.8) is 0 Å². The molecule has 2 rings (SSSR count). The highest BCUT2D eigenvalue weighted by molar-refractivity contribution is 6.43. The lowest BCUT2D eigenvalue weighted by Crippen LogP contribution is -2.29. The number of hydrogen-bond acceptors (Lipinski definition) is 3. The first-order chi connectivity index (χ1) is 9.16. The van der Waals surface area contributed by atoms with Crippen LogP contribution in [0.1, 0.15) is 5.56 Å². The van der Waals surface area contributed by atoms with Crippen LogP contribution in [0.25, 0.3) is 0 Å². The first-order valence-corrected chi connectivity index (χ1v) is 5.76. The zero-order valence-electron chi connectivity index (χ0n) is 10.4. The average molecular weight is 255 g/mol. The molecule has 96 valence electrons. The van der Waals surface area contributed by atoms with E-state index in [1.54, 1.807) is 30.3 Å². The minimum atomic E-state index is -0.748. The first kappa shape index (κ1) is 12.8. The third-order valence-corrected chi connectivity index (χ3v) is 2.51. The molecule has 2 aromatic rings. The molecule has 5 nitrogen and oxygen atoms in total. The topological polar surface area (TPSA) is 71.1 Å². The van der Waals surface area contributed by atoms with Gasteiger partial charge in [0.1, 0.15) is 5.82 Å². The Hall–Kier alpha value is -2.69. The van der Waals surface area contributed by atoms with Gasteiger partial charge in [-0.25, -0.2) is 4.98 Å². The predicted molar refractivity (Wildman–Crippen MR) is 72.7 cm³/mol. The zero-order valence-corrected chi connectivity index (χ0v) is 10.4. The minimum Gasteiger partial charge on any atom is -0.318 e. The van der Waals surface area contributed by atoms with Crippen LogP contribution in [-0.4, -0.2) is 16.8 Å². The normalized spacial score (nSPS) is 9.74. The van der Waals surface area contributed by atoms with Crippen molar-refractivity contribution in [3.8, 4) is 0 Å². The number of aromatic nitrogens is 1. The molecule has 0 radical (unpaired) electrons. The molecule has 5 heteroatoms. The SMILES string of the molecule is Cc1ccccc1NC(=O)C(=O)Nc1ccccn1. The molecular weight excluding hydrogens is 242 g/mol. The average Bonchev–Trinajstić information content (AvgIpc) is 2.42. The van der Waals surface area contributed by atoms with E-state index in [1.165, 1.54) is 6.20 Å². The molecule has 1 aromatic carbocycles. The molecule has 0 saturated carbocycles. The molecule has 0 aliphatic rings. The van der Waals surface area contributed by atoms with Crippen LogP contribution >= 0.6 is 0 Å². The molecular formula is C14H13N3O2. The number of hydrogen-bond donors (Lipinski definition) is 2. The van der Waals surface area contributed by atoms with Gasteiger partial charge in [-0.05, 0) is 30.7 Å². The second-order valence-corrected chi connectivity index (χ2v) is 3.94. The Morgan fingerprint density at radius 1 is 0.947 bits per heavy atom. The van der Waals surface area contributed by atoms with Gasteiger partial charge in [-0.1, -0.05) is 24.3 Å². The second-order valence-electron chi connectivity index (χ2n) is 3.94. The Kier molecular flexibility index (Phi) is 3.87. The Labute approximate surface area is 110 Å². The van der Waals surface area contributed by atoms with E-state index in [2.05, 4.69) is 15.6 Å². The Morgan fingerprint density at radius 2 is 1.63 bits per heavy atom. The van der Waals surface area contributed by atoms with E-state index < -0.39 is 11.8 Å². The van der Waals surface area contributed by atoms with Crippen LogP contribution < -0.4 is 10.6 Å². The highest BCUT2D eigenvalue weighted by Gasteiger charge is 2.14. The molecule has 19 heavy (non-hydrogen) atoms. The number of rotatable bonds is 2. The standard InChI is InChI=1S/C14H13N3O2/c1-10-6-2-3-7-11(10)16-13(18)14(19)17-12-8-4-5-9-15-12/h2-9H,1H3,(H,16,18)(H,15,17,19). The first-order valence-electron chi connectivity index (χ1n) is 5.76. The molecule has 0 fully saturated rings. The van der Waals surface area contributed by atoms with E-state index in [0.717, 1.165) is 5.56 Å².